The van der Waals surface area contributed by atoms with Gasteiger partial charge in [-0.2, -0.15) is 5.10 Å². The van der Waals surface area contributed by atoms with E-state index >= 15 is 0 Å². The fourth-order valence-corrected chi connectivity index (χ4v) is 2.86. The number of ether oxygens (including phenoxy) is 2. The Morgan fingerprint density at radius 1 is 1.18 bits per heavy atom. The maximum Gasteiger partial charge on any atom is 0.277 e. The minimum absolute atomic E-state index is 0.193. The lowest BCUT2D eigenvalue weighted by atomic mass is 10.2. The van der Waals surface area contributed by atoms with Gasteiger partial charge in [0.15, 0.2) is 23.3 Å². The predicted octanol–water partition coefficient (Wildman–Crippen LogP) is 2.79. The number of amides is 1. The van der Waals surface area contributed by atoms with E-state index in [9.17, 15) is 4.79 Å². The summed E-state index contributed by atoms with van der Waals surface area (Å²) in [5, 5.41) is 7.46. The number of aromatic amines is 1. The van der Waals surface area contributed by atoms with Crippen LogP contribution in [0.25, 0.3) is 5.69 Å². The summed E-state index contributed by atoms with van der Waals surface area (Å²) in [6.07, 6.45) is 1.49. The topological polar surface area (TPSA) is 79.6 Å². The maximum absolute atomic E-state index is 12.0. The van der Waals surface area contributed by atoms with E-state index in [1.165, 1.54) is 13.3 Å². The second kappa shape index (κ2) is 9.05. The second-order valence-corrected chi connectivity index (χ2v) is 6.21. The number of para-hydroxylation sites is 3. The summed E-state index contributed by atoms with van der Waals surface area (Å²) in [7, 11) is 1.54. The Bertz CT molecular complexity index is 986. The lowest BCUT2D eigenvalue weighted by Gasteiger charge is -2.08. The summed E-state index contributed by atoms with van der Waals surface area (Å²) < 4.78 is 12.5. The zero-order chi connectivity index (χ0) is 19.9. The second-order valence-electron chi connectivity index (χ2n) is 5.83. The van der Waals surface area contributed by atoms with Crippen molar-refractivity contribution in [3.05, 3.63) is 71.0 Å². The van der Waals surface area contributed by atoms with Crippen LogP contribution >= 0.6 is 11.6 Å². The van der Waals surface area contributed by atoms with Gasteiger partial charge in [-0.05, 0) is 12.1 Å². The van der Waals surface area contributed by atoms with Gasteiger partial charge in [-0.15, -0.1) is 5.10 Å². The molecule has 0 aliphatic rings. The molecule has 0 unspecified atom stereocenters. The zero-order valence-electron chi connectivity index (χ0n) is 15.5. The number of aromatic nitrogens is 2. The molecule has 1 amide bonds. The average Bonchev–Trinajstić information content (AvgIpc) is 3.01. The van der Waals surface area contributed by atoms with Gasteiger partial charge >= 0.3 is 0 Å². The van der Waals surface area contributed by atoms with Crippen LogP contribution in [0.15, 0.2) is 59.7 Å². The number of hydrazone groups is 1. The smallest absolute Gasteiger partial charge is 0.277 e. The Kier molecular flexibility index (Phi) is 6.29. The monoisotopic (exact) mass is 399 g/mol. The van der Waals surface area contributed by atoms with Gasteiger partial charge in [-0.25, -0.2) is 5.43 Å². The molecule has 0 aliphatic heterocycles. The van der Waals surface area contributed by atoms with Crippen LogP contribution in [0.5, 0.6) is 11.5 Å². The molecule has 0 fully saturated rings. The average molecular weight is 400 g/mol. The first-order chi connectivity index (χ1) is 13.6. The van der Waals surface area contributed by atoms with Crippen molar-refractivity contribution in [2.75, 3.05) is 13.7 Å². The van der Waals surface area contributed by atoms with Gasteiger partial charge < -0.3 is 9.47 Å². The number of rotatable bonds is 7. The van der Waals surface area contributed by atoms with E-state index in [-0.39, 0.29) is 6.61 Å². The molecule has 7 nitrogen and oxygen atoms in total. The van der Waals surface area contributed by atoms with Crippen molar-refractivity contribution in [1.29, 1.82) is 0 Å². The molecule has 1 aromatic heterocycles. The van der Waals surface area contributed by atoms with E-state index in [1.54, 1.807) is 18.2 Å². The van der Waals surface area contributed by atoms with Crippen LogP contribution in [-0.4, -0.2) is 30.9 Å². The van der Waals surface area contributed by atoms with E-state index < -0.39 is 5.91 Å². The fourth-order valence-electron chi connectivity index (χ4n) is 2.59. The largest absolute Gasteiger partial charge is 0.493 e. The summed E-state index contributed by atoms with van der Waals surface area (Å²) in [5.41, 5.74) is 4.90. The summed E-state index contributed by atoms with van der Waals surface area (Å²) in [5.74, 6) is 0.638. The van der Waals surface area contributed by atoms with E-state index in [1.807, 2.05) is 48.0 Å². The highest BCUT2D eigenvalue weighted by Crippen LogP contribution is 2.25. The number of methoxy groups -OCH3 is 1. The van der Waals surface area contributed by atoms with Gasteiger partial charge in [0.2, 0.25) is 11.4 Å². The molecule has 2 aromatic carbocycles. The first-order valence-corrected chi connectivity index (χ1v) is 8.91. The van der Waals surface area contributed by atoms with Crippen molar-refractivity contribution in [3.63, 3.8) is 0 Å². The molecule has 0 saturated carbocycles. The summed E-state index contributed by atoms with van der Waals surface area (Å²) in [6, 6.07) is 16.8. The van der Waals surface area contributed by atoms with E-state index in [4.69, 9.17) is 21.1 Å². The maximum atomic E-state index is 12.0. The Morgan fingerprint density at radius 3 is 2.57 bits per heavy atom. The van der Waals surface area contributed by atoms with Crippen molar-refractivity contribution in [2.24, 2.45) is 5.10 Å². The third-order valence-electron chi connectivity index (χ3n) is 4.00. The van der Waals surface area contributed by atoms with Crippen molar-refractivity contribution >= 4 is 23.7 Å². The molecule has 0 bridgehead atoms. The van der Waals surface area contributed by atoms with Crippen LogP contribution in [0.3, 0.4) is 0 Å². The van der Waals surface area contributed by atoms with E-state index in [0.29, 0.717) is 22.2 Å². The Balaban J connectivity index is 1.62. The SMILES string of the molecule is COc1ccccc1OCC(=O)NN=Cc1c(Cl)[nH][n+](-c2ccccc2)c1C. The number of hydrogen-bond donors (Lipinski definition) is 2. The Morgan fingerprint density at radius 2 is 1.86 bits per heavy atom. The number of nitrogens with zero attached hydrogens (tertiary/aromatic N) is 2. The van der Waals surface area contributed by atoms with Gasteiger partial charge in [0.25, 0.3) is 5.91 Å². The number of nitrogens with one attached hydrogen (secondary N) is 2. The molecule has 0 aliphatic carbocycles. The van der Waals surface area contributed by atoms with Crippen molar-refractivity contribution in [3.8, 4) is 17.2 Å². The summed E-state index contributed by atoms with van der Waals surface area (Å²) in [4.78, 5) is 12.0. The predicted molar refractivity (Wildman–Crippen MR) is 106 cm³/mol. The first kappa shape index (κ1) is 19.4. The standard InChI is InChI=1S/C20H19ClN4O3/c1-14-16(20(21)24-25(14)15-8-4-3-5-9-15)12-22-23-19(26)13-28-18-11-7-6-10-17(18)27-2/h3-12H,13H2,1-2H3,(H,23,26)/p+1. The number of benzene rings is 2. The van der Waals surface area contributed by atoms with Crippen LogP contribution in [0.4, 0.5) is 0 Å². The van der Waals surface area contributed by atoms with Crippen LogP contribution in [0, 0.1) is 6.92 Å². The van der Waals surface area contributed by atoms with Crippen LogP contribution < -0.4 is 19.6 Å². The quantitative estimate of drug-likeness (QED) is 0.364. The van der Waals surface area contributed by atoms with Gasteiger partial charge in [0.05, 0.1) is 13.3 Å². The first-order valence-electron chi connectivity index (χ1n) is 8.53. The van der Waals surface area contributed by atoms with E-state index in [2.05, 4.69) is 15.6 Å². The highest BCUT2D eigenvalue weighted by molar-refractivity contribution is 6.31. The minimum Gasteiger partial charge on any atom is -0.493 e. The fraction of sp³-hybridized carbons (Fsp3) is 0.150. The summed E-state index contributed by atoms with van der Waals surface area (Å²) >= 11 is 6.27. The van der Waals surface area contributed by atoms with Crippen LogP contribution in [0.1, 0.15) is 11.3 Å². The third kappa shape index (κ3) is 4.50. The van der Waals surface area contributed by atoms with Gasteiger partial charge in [0.1, 0.15) is 5.56 Å². The van der Waals surface area contributed by atoms with Crippen molar-refractivity contribution in [2.45, 2.75) is 6.92 Å². The van der Waals surface area contributed by atoms with Gasteiger partial charge in [-0.3, -0.25) is 4.79 Å². The molecule has 0 saturated heterocycles. The normalized spacial score (nSPS) is 10.8. The van der Waals surface area contributed by atoms with Gasteiger partial charge in [-0.1, -0.05) is 46.6 Å². The Hall–Kier alpha value is -3.32. The Labute approximate surface area is 167 Å². The molecule has 3 rings (SSSR count). The summed E-state index contributed by atoms with van der Waals surface area (Å²) in [6.45, 7) is 1.71. The van der Waals surface area contributed by atoms with Crippen LogP contribution in [0.2, 0.25) is 5.15 Å². The zero-order valence-corrected chi connectivity index (χ0v) is 16.2. The molecular weight excluding hydrogens is 380 g/mol. The number of H-pyrrole nitrogens is 1. The third-order valence-corrected chi connectivity index (χ3v) is 4.28. The molecule has 1 heterocycles. The lowest BCUT2D eigenvalue weighted by Crippen LogP contribution is -2.35. The molecular formula is C20H20ClN4O3+. The highest BCUT2D eigenvalue weighted by atomic mass is 35.5. The van der Waals surface area contributed by atoms with E-state index in [0.717, 1.165) is 11.4 Å². The minimum atomic E-state index is -0.401. The van der Waals surface area contributed by atoms with Crippen molar-refractivity contribution in [1.82, 2.24) is 10.5 Å². The lowest BCUT2D eigenvalue weighted by molar-refractivity contribution is -0.661. The molecule has 0 atom stereocenters. The number of carbonyl (C=O) groups excluding carboxylic acids is 1. The number of carbonyl (C=O) groups is 1. The molecule has 3 aromatic rings. The highest BCUT2D eigenvalue weighted by Gasteiger charge is 2.21. The molecule has 28 heavy (non-hydrogen) atoms. The molecule has 0 spiro atoms. The number of hydrogen-bond acceptors (Lipinski definition) is 4. The molecule has 8 heteroatoms. The van der Waals surface area contributed by atoms with Crippen LogP contribution in [-0.2, 0) is 4.79 Å². The van der Waals surface area contributed by atoms with Crippen molar-refractivity contribution < 1.29 is 19.0 Å². The molecule has 2 N–H and O–H groups in total. The van der Waals surface area contributed by atoms with Gasteiger partial charge in [0, 0.05) is 19.1 Å². The number of halogens is 1. The molecule has 144 valence electrons. The molecule has 0 radical (unpaired) electrons.